The van der Waals surface area contributed by atoms with Crippen LogP contribution in [0.1, 0.15) is 50.6 Å². The fraction of sp³-hybridized carbons (Fsp3) is 0.625. The zero-order valence-corrected chi connectivity index (χ0v) is 12.5. The Morgan fingerprint density at radius 2 is 1.95 bits per heavy atom. The van der Waals surface area contributed by atoms with Gasteiger partial charge >= 0.3 is 0 Å². The summed E-state index contributed by atoms with van der Waals surface area (Å²) in [6.07, 6.45) is 6.74. The molecule has 3 heteroatoms. The summed E-state index contributed by atoms with van der Waals surface area (Å²) in [7, 11) is 0. The summed E-state index contributed by atoms with van der Waals surface area (Å²) in [5.74, 6) is 0. The molecule has 19 heavy (non-hydrogen) atoms. The Hall–Kier alpha value is -0.570. The summed E-state index contributed by atoms with van der Waals surface area (Å²) >= 11 is 5.92. The van der Waals surface area contributed by atoms with Crippen LogP contribution in [0.25, 0.3) is 0 Å². The molecule has 1 aliphatic carbocycles. The lowest BCUT2D eigenvalue weighted by Crippen LogP contribution is -2.26. The molecule has 1 aromatic carbocycles. The lowest BCUT2D eigenvalue weighted by atomic mass is 10.0. The second kappa shape index (κ2) is 7.88. The number of hydrogen-bond donors (Lipinski definition) is 1. The molecule has 1 fully saturated rings. The first kappa shape index (κ1) is 14.8. The molecule has 106 valence electrons. The van der Waals surface area contributed by atoms with E-state index in [1.165, 1.54) is 31.2 Å². The Bertz CT molecular complexity index is 360. The van der Waals surface area contributed by atoms with Crippen molar-refractivity contribution < 1.29 is 4.74 Å². The van der Waals surface area contributed by atoms with Crippen molar-refractivity contribution in [3.63, 3.8) is 0 Å². The zero-order chi connectivity index (χ0) is 13.5. The second-order valence-electron chi connectivity index (χ2n) is 5.24. The molecule has 0 radical (unpaired) electrons. The number of nitrogens with one attached hydrogen (secondary N) is 1. The molecule has 1 unspecified atom stereocenters. The van der Waals surface area contributed by atoms with E-state index in [4.69, 9.17) is 16.3 Å². The van der Waals surface area contributed by atoms with Gasteiger partial charge in [0, 0.05) is 17.6 Å². The Balaban J connectivity index is 1.71. The van der Waals surface area contributed by atoms with Crippen molar-refractivity contribution in [2.45, 2.75) is 51.2 Å². The maximum absolute atomic E-state index is 5.92. The van der Waals surface area contributed by atoms with E-state index in [1.54, 1.807) is 0 Å². The van der Waals surface area contributed by atoms with Crippen molar-refractivity contribution in [2.75, 3.05) is 13.2 Å². The van der Waals surface area contributed by atoms with Crippen LogP contribution in [-0.4, -0.2) is 19.3 Å². The smallest absolute Gasteiger partial charge is 0.0594 e. The van der Waals surface area contributed by atoms with E-state index in [0.29, 0.717) is 12.1 Å². The molecular formula is C16H24ClNO. The standard InChI is InChI=1S/C16H24ClNO/c1-2-16(13-7-9-14(17)10-8-13)18-11-12-19-15-5-3-4-6-15/h7-10,15-16,18H,2-6,11-12H2,1H3. The molecule has 1 aromatic rings. The average molecular weight is 282 g/mol. The summed E-state index contributed by atoms with van der Waals surface area (Å²) in [5, 5.41) is 4.36. The van der Waals surface area contributed by atoms with Crippen LogP contribution in [0.4, 0.5) is 0 Å². The normalized spacial score (nSPS) is 17.8. The number of hydrogen-bond acceptors (Lipinski definition) is 2. The SMILES string of the molecule is CCC(NCCOC1CCCC1)c1ccc(Cl)cc1. The van der Waals surface area contributed by atoms with E-state index < -0.39 is 0 Å². The van der Waals surface area contributed by atoms with Gasteiger partial charge in [-0.1, -0.05) is 43.5 Å². The molecule has 1 saturated carbocycles. The Labute approximate surface area is 121 Å². The molecule has 1 aliphatic rings. The first-order chi connectivity index (χ1) is 9.29. The third-order valence-electron chi connectivity index (χ3n) is 3.83. The van der Waals surface area contributed by atoms with Gasteiger partial charge in [-0.05, 0) is 37.0 Å². The maximum Gasteiger partial charge on any atom is 0.0594 e. The number of ether oxygens (including phenoxy) is 1. The summed E-state index contributed by atoms with van der Waals surface area (Å²) in [4.78, 5) is 0. The van der Waals surface area contributed by atoms with Crippen molar-refractivity contribution in [1.29, 1.82) is 0 Å². The van der Waals surface area contributed by atoms with Gasteiger partial charge in [0.25, 0.3) is 0 Å². The second-order valence-corrected chi connectivity index (χ2v) is 5.68. The Morgan fingerprint density at radius 3 is 2.58 bits per heavy atom. The van der Waals surface area contributed by atoms with Gasteiger partial charge in [-0.3, -0.25) is 0 Å². The third kappa shape index (κ3) is 4.79. The highest BCUT2D eigenvalue weighted by Gasteiger charge is 2.15. The van der Waals surface area contributed by atoms with Crippen LogP contribution in [0, 0.1) is 0 Å². The van der Waals surface area contributed by atoms with Crippen molar-refractivity contribution in [2.24, 2.45) is 0 Å². The van der Waals surface area contributed by atoms with Gasteiger partial charge in [-0.2, -0.15) is 0 Å². The molecule has 0 saturated heterocycles. The van der Waals surface area contributed by atoms with Gasteiger partial charge in [0.1, 0.15) is 0 Å². The minimum Gasteiger partial charge on any atom is -0.377 e. The zero-order valence-electron chi connectivity index (χ0n) is 11.7. The van der Waals surface area contributed by atoms with Gasteiger partial charge in [0.05, 0.1) is 12.7 Å². The molecule has 2 rings (SSSR count). The summed E-state index contributed by atoms with van der Waals surface area (Å²) in [6.45, 7) is 3.93. The van der Waals surface area contributed by atoms with Gasteiger partial charge in [0.15, 0.2) is 0 Å². The number of halogens is 1. The highest BCUT2D eigenvalue weighted by Crippen LogP contribution is 2.21. The molecule has 2 nitrogen and oxygen atoms in total. The van der Waals surface area contributed by atoms with Crippen LogP contribution in [0.15, 0.2) is 24.3 Å². The van der Waals surface area contributed by atoms with Gasteiger partial charge in [0.2, 0.25) is 0 Å². The van der Waals surface area contributed by atoms with Crippen molar-refractivity contribution >= 4 is 11.6 Å². The van der Waals surface area contributed by atoms with Gasteiger partial charge < -0.3 is 10.1 Å². The molecule has 0 bridgehead atoms. The van der Waals surface area contributed by atoms with Crippen LogP contribution >= 0.6 is 11.6 Å². The molecule has 1 atom stereocenters. The molecule has 0 amide bonds. The van der Waals surface area contributed by atoms with E-state index >= 15 is 0 Å². The van der Waals surface area contributed by atoms with Crippen molar-refractivity contribution in [3.8, 4) is 0 Å². The third-order valence-corrected chi connectivity index (χ3v) is 4.08. The first-order valence-electron chi connectivity index (χ1n) is 7.40. The summed E-state index contributed by atoms with van der Waals surface area (Å²) < 4.78 is 5.87. The fourth-order valence-corrected chi connectivity index (χ4v) is 2.83. The lowest BCUT2D eigenvalue weighted by molar-refractivity contribution is 0.0590. The average Bonchev–Trinajstić information content (AvgIpc) is 2.93. The quantitative estimate of drug-likeness (QED) is 0.751. The number of rotatable bonds is 7. The maximum atomic E-state index is 5.92. The summed E-state index contributed by atoms with van der Waals surface area (Å²) in [5.41, 5.74) is 1.30. The highest BCUT2D eigenvalue weighted by atomic mass is 35.5. The minimum atomic E-state index is 0.393. The van der Waals surface area contributed by atoms with E-state index in [-0.39, 0.29) is 0 Å². The molecule has 1 N–H and O–H groups in total. The van der Waals surface area contributed by atoms with Crippen LogP contribution < -0.4 is 5.32 Å². The predicted octanol–water partition coefficient (Wildman–Crippen LogP) is 4.34. The monoisotopic (exact) mass is 281 g/mol. The minimum absolute atomic E-state index is 0.393. The highest BCUT2D eigenvalue weighted by molar-refractivity contribution is 6.30. The van der Waals surface area contributed by atoms with Gasteiger partial charge in [-0.25, -0.2) is 0 Å². The molecule has 0 heterocycles. The topological polar surface area (TPSA) is 21.3 Å². The van der Waals surface area contributed by atoms with Crippen LogP contribution in [0.3, 0.4) is 0 Å². The van der Waals surface area contributed by atoms with E-state index in [9.17, 15) is 0 Å². The van der Waals surface area contributed by atoms with E-state index in [1.807, 2.05) is 12.1 Å². The largest absolute Gasteiger partial charge is 0.377 e. The van der Waals surface area contributed by atoms with Gasteiger partial charge in [-0.15, -0.1) is 0 Å². The molecule has 0 spiro atoms. The predicted molar refractivity (Wildman–Crippen MR) is 80.7 cm³/mol. The van der Waals surface area contributed by atoms with E-state index in [0.717, 1.165) is 24.6 Å². The van der Waals surface area contributed by atoms with Crippen molar-refractivity contribution in [1.82, 2.24) is 5.32 Å². The summed E-state index contributed by atoms with van der Waals surface area (Å²) in [6, 6.07) is 8.50. The van der Waals surface area contributed by atoms with Crippen LogP contribution in [0.2, 0.25) is 5.02 Å². The Kier molecular flexibility index (Phi) is 6.15. The lowest BCUT2D eigenvalue weighted by Gasteiger charge is -2.18. The Morgan fingerprint density at radius 1 is 1.26 bits per heavy atom. The van der Waals surface area contributed by atoms with Crippen LogP contribution in [-0.2, 0) is 4.74 Å². The molecule has 0 aliphatic heterocycles. The molecule has 0 aromatic heterocycles. The molecular weight excluding hydrogens is 258 g/mol. The fourth-order valence-electron chi connectivity index (χ4n) is 2.71. The van der Waals surface area contributed by atoms with Crippen LogP contribution in [0.5, 0.6) is 0 Å². The van der Waals surface area contributed by atoms with Crippen molar-refractivity contribution in [3.05, 3.63) is 34.9 Å². The van der Waals surface area contributed by atoms with E-state index in [2.05, 4.69) is 24.4 Å². The number of benzene rings is 1. The first-order valence-corrected chi connectivity index (χ1v) is 7.78.